The van der Waals surface area contributed by atoms with Gasteiger partial charge in [0.05, 0.1) is 11.5 Å². The molecular weight excluding hydrogens is 296 g/mol. The molecule has 1 N–H and O–H groups in total. The summed E-state index contributed by atoms with van der Waals surface area (Å²) in [4.78, 5) is 28.5. The number of nitro groups is 1. The van der Waals surface area contributed by atoms with Crippen LogP contribution < -0.4 is 10.2 Å². The van der Waals surface area contributed by atoms with Gasteiger partial charge in [-0.1, -0.05) is 12.1 Å². The van der Waals surface area contributed by atoms with Crippen molar-refractivity contribution in [3.05, 3.63) is 57.8 Å². The van der Waals surface area contributed by atoms with Crippen molar-refractivity contribution in [3.8, 4) is 0 Å². The lowest BCUT2D eigenvalue weighted by molar-refractivity contribution is -0.384. The number of hydrogen-bond acceptors (Lipinski definition) is 5. The van der Waals surface area contributed by atoms with Gasteiger partial charge in [-0.25, -0.2) is 4.98 Å². The quantitative estimate of drug-likeness (QED) is 0.677. The molecule has 1 amide bonds. The van der Waals surface area contributed by atoms with Crippen LogP contribution in [-0.2, 0) is 4.79 Å². The van der Waals surface area contributed by atoms with Crippen molar-refractivity contribution in [2.24, 2.45) is 0 Å². The molecule has 0 unspecified atom stereocenters. The number of amides is 1. The summed E-state index contributed by atoms with van der Waals surface area (Å²) >= 11 is 0. The first kappa shape index (κ1) is 16.4. The minimum Gasteiger partial charge on any atom is -0.360 e. The third-order valence-corrected chi connectivity index (χ3v) is 3.28. The van der Waals surface area contributed by atoms with E-state index in [0.717, 1.165) is 11.3 Å². The average Bonchev–Trinajstić information content (AvgIpc) is 2.46. The Morgan fingerprint density at radius 1 is 1.30 bits per heavy atom. The lowest BCUT2D eigenvalue weighted by Gasteiger charge is -2.18. The number of carbonyl (C=O) groups excluding carboxylic acids is 1. The van der Waals surface area contributed by atoms with Crippen LogP contribution >= 0.6 is 0 Å². The summed E-state index contributed by atoms with van der Waals surface area (Å²) in [7, 11) is 1.64. The zero-order chi connectivity index (χ0) is 17.0. The summed E-state index contributed by atoms with van der Waals surface area (Å²) < 4.78 is 0. The van der Waals surface area contributed by atoms with Gasteiger partial charge in [-0.2, -0.15) is 0 Å². The fourth-order valence-electron chi connectivity index (χ4n) is 2.20. The zero-order valence-corrected chi connectivity index (χ0v) is 13.2. The molecule has 0 radical (unpaired) electrons. The average molecular weight is 314 g/mol. The van der Waals surface area contributed by atoms with Crippen molar-refractivity contribution in [1.82, 2.24) is 4.98 Å². The normalized spacial score (nSPS) is 10.2. The van der Waals surface area contributed by atoms with E-state index in [1.807, 2.05) is 13.0 Å². The van der Waals surface area contributed by atoms with Crippen LogP contribution in [0.1, 0.15) is 11.3 Å². The predicted octanol–water partition coefficient (Wildman–Crippen LogP) is 2.68. The number of carbonyl (C=O) groups is 1. The van der Waals surface area contributed by atoms with Gasteiger partial charge in [-0.3, -0.25) is 14.9 Å². The smallest absolute Gasteiger partial charge is 0.292 e. The minimum absolute atomic E-state index is 0.0144. The van der Waals surface area contributed by atoms with E-state index in [-0.39, 0.29) is 18.1 Å². The Bertz CT molecular complexity index is 746. The van der Waals surface area contributed by atoms with Gasteiger partial charge >= 0.3 is 0 Å². The van der Waals surface area contributed by atoms with Crippen LogP contribution in [0, 0.1) is 24.0 Å². The zero-order valence-electron chi connectivity index (χ0n) is 13.2. The number of hydrogen-bond donors (Lipinski definition) is 1. The van der Waals surface area contributed by atoms with Crippen LogP contribution in [0.3, 0.4) is 0 Å². The fraction of sp³-hybridized carbons (Fsp3) is 0.250. The van der Waals surface area contributed by atoms with E-state index >= 15 is 0 Å². The molecule has 7 nitrogen and oxygen atoms in total. The van der Waals surface area contributed by atoms with Crippen molar-refractivity contribution in [3.63, 3.8) is 0 Å². The summed E-state index contributed by atoms with van der Waals surface area (Å²) in [6, 6.07) is 10.2. The summed E-state index contributed by atoms with van der Waals surface area (Å²) in [5.74, 6) is 0.169. The maximum atomic E-state index is 12.1. The second-order valence-corrected chi connectivity index (χ2v) is 5.32. The third-order valence-electron chi connectivity index (χ3n) is 3.28. The molecule has 0 fully saturated rings. The number of nitro benzene ring substituents is 1. The van der Waals surface area contributed by atoms with Crippen molar-refractivity contribution < 1.29 is 9.72 Å². The van der Waals surface area contributed by atoms with E-state index in [9.17, 15) is 14.9 Å². The summed E-state index contributed by atoms with van der Waals surface area (Å²) in [6.07, 6.45) is 0. The van der Waals surface area contributed by atoms with Crippen LogP contribution in [0.25, 0.3) is 0 Å². The van der Waals surface area contributed by atoms with Gasteiger partial charge in [0.15, 0.2) is 0 Å². The van der Waals surface area contributed by atoms with E-state index in [4.69, 9.17) is 0 Å². The van der Waals surface area contributed by atoms with Crippen molar-refractivity contribution in [2.45, 2.75) is 13.8 Å². The number of anilines is 2. The largest absolute Gasteiger partial charge is 0.360 e. The number of benzene rings is 1. The lowest BCUT2D eigenvalue weighted by atomic mass is 10.2. The first-order valence-electron chi connectivity index (χ1n) is 7.06. The molecule has 0 aliphatic carbocycles. The lowest BCUT2D eigenvalue weighted by Crippen LogP contribution is -2.30. The third kappa shape index (κ3) is 4.26. The number of likely N-dealkylation sites (N-methyl/N-ethyl adjacent to an activating group) is 1. The number of pyridine rings is 1. The van der Waals surface area contributed by atoms with E-state index < -0.39 is 4.92 Å². The van der Waals surface area contributed by atoms with Crippen LogP contribution in [-0.4, -0.2) is 29.4 Å². The standard InChI is InChI=1S/C16H18N4O3/c1-11-7-8-13(14(9-11)20(22)23)19(3)10-16(21)18-15-6-4-5-12(2)17-15/h4-9H,10H2,1-3H3,(H,17,18,21). The van der Waals surface area contributed by atoms with Gasteiger partial charge < -0.3 is 10.2 Å². The Morgan fingerprint density at radius 3 is 2.70 bits per heavy atom. The number of nitrogens with one attached hydrogen (secondary N) is 1. The van der Waals surface area contributed by atoms with Crippen LogP contribution in [0.5, 0.6) is 0 Å². The highest BCUT2D eigenvalue weighted by molar-refractivity contribution is 5.93. The highest BCUT2D eigenvalue weighted by Crippen LogP contribution is 2.28. The monoisotopic (exact) mass is 314 g/mol. The van der Waals surface area contributed by atoms with Crippen molar-refractivity contribution in [1.29, 1.82) is 0 Å². The van der Waals surface area contributed by atoms with Gasteiger partial charge in [0.2, 0.25) is 5.91 Å². The first-order valence-corrected chi connectivity index (χ1v) is 7.06. The van der Waals surface area contributed by atoms with Crippen LogP contribution in [0.15, 0.2) is 36.4 Å². The molecule has 23 heavy (non-hydrogen) atoms. The van der Waals surface area contributed by atoms with Gasteiger partial charge in [-0.05, 0) is 37.6 Å². The van der Waals surface area contributed by atoms with E-state index in [1.165, 1.54) is 6.07 Å². The van der Waals surface area contributed by atoms with E-state index in [1.54, 1.807) is 43.1 Å². The topological polar surface area (TPSA) is 88.4 Å². The highest BCUT2D eigenvalue weighted by Gasteiger charge is 2.19. The maximum Gasteiger partial charge on any atom is 0.292 e. The molecule has 1 aromatic carbocycles. The molecule has 1 heterocycles. The van der Waals surface area contributed by atoms with Gasteiger partial charge in [0.25, 0.3) is 5.69 Å². The summed E-state index contributed by atoms with van der Waals surface area (Å²) in [5.41, 5.74) is 1.97. The Kier molecular flexibility index (Phi) is 4.90. The number of nitrogens with zero attached hydrogens (tertiary/aromatic N) is 3. The molecule has 0 saturated carbocycles. The molecule has 7 heteroatoms. The minimum atomic E-state index is -0.446. The molecule has 120 valence electrons. The Hall–Kier alpha value is -2.96. The van der Waals surface area contributed by atoms with Crippen LogP contribution in [0.4, 0.5) is 17.2 Å². The molecule has 0 saturated heterocycles. The fourth-order valence-corrected chi connectivity index (χ4v) is 2.20. The predicted molar refractivity (Wildman–Crippen MR) is 88.7 cm³/mol. The maximum absolute atomic E-state index is 12.1. The van der Waals surface area contributed by atoms with E-state index in [0.29, 0.717) is 11.5 Å². The molecule has 0 bridgehead atoms. The number of aryl methyl sites for hydroxylation is 2. The molecule has 2 rings (SSSR count). The highest BCUT2D eigenvalue weighted by atomic mass is 16.6. The molecule has 1 aromatic heterocycles. The second kappa shape index (κ2) is 6.87. The second-order valence-electron chi connectivity index (χ2n) is 5.32. The Labute approximate surface area is 134 Å². The van der Waals surface area contributed by atoms with Crippen molar-refractivity contribution >= 4 is 23.1 Å². The van der Waals surface area contributed by atoms with Crippen LogP contribution in [0.2, 0.25) is 0 Å². The molecule has 2 aromatic rings. The number of aromatic nitrogens is 1. The first-order chi connectivity index (χ1) is 10.9. The van der Waals surface area contributed by atoms with Gasteiger partial charge in [-0.15, -0.1) is 0 Å². The molecule has 0 aliphatic heterocycles. The van der Waals surface area contributed by atoms with Crippen molar-refractivity contribution in [2.75, 3.05) is 23.8 Å². The molecule has 0 aliphatic rings. The summed E-state index contributed by atoms with van der Waals surface area (Å²) in [6.45, 7) is 3.60. The van der Waals surface area contributed by atoms with Gasteiger partial charge in [0.1, 0.15) is 11.5 Å². The molecule has 0 atom stereocenters. The molecular formula is C16H18N4O3. The Balaban J connectivity index is 2.11. The van der Waals surface area contributed by atoms with Gasteiger partial charge in [0, 0.05) is 18.8 Å². The number of rotatable bonds is 5. The summed E-state index contributed by atoms with van der Waals surface area (Å²) in [5, 5.41) is 13.8. The molecule has 0 spiro atoms. The van der Waals surface area contributed by atoms with E-state index in [2.05, 4.69) is 10.3 Å². The Morgan fingerprint density at radius 2 is 2.04 bits per heavy atom. The SMILES string of the molecule is Cc1ccc(N(C)CC(=O)Nc2cccc(C)n2)c([N+](=O)[O-])c1.